The zero-order chi connectivity index (χ0) is 13.9. The lowest BCUT2D eigenvalue weighted by atomic mass is 10.3. The van der Waals surface area contributed by atoms with Crippen LogP contribution < -0.4 is 0 Å². The molecule has 2 rings (SSSR count). The molecule has 0 atom stereocenters. The highest BCUT2D eigenvalue weighted by Gasteiger charge is 2.55. The van der Waals surface area contributed by atoms with Crippen molar-refractivity contribution < 1.29 is 19.1 Å². The summed E-state index contributed by atoms with van der Waals surface area (Å²) in [7, 11) is 1.29. The van der Waals surface area contributed by atoms with E-state index in [1.165, 1.54) is 13.3 Å². The third kappa shape index (κ3) is 3.07. The third-order valence-electron chi connectivity index (χ3n) is 2.81. The van der Waals surface area contributed by atoms with E-state index < -0.39 is 17.5 Å². The van der Waals surface area contributed by atoms with Crippen molar-refractivity contribution in [3.05, 3.63) is 23.9 Å². The quantitative estimate of drug-likeness (QED) is 0.608. The van der Waals surface area contributed by atoms with Crippen molar-refractivity contribution in [3.8, 4) is 0 Å². The predicted molar refractivity (Wildman–Crippen MR) is 70.0 cm³/mol. The van der Waals surface area contributed by atoms with E-state index in [1.807, 2.05) is 6.92 Å². The smallest absolute Gasteiger partial charge is 0.350 e. The number of rotatable bonds is 5. The second-order valence-electron chi connectivity index (χ2n) is 4.19. The number of thioether (sulfide) groups is 1. The average Bonchev–Trinajstić information content (AvgIpc) is 3.20. The van der Waals surface area contributed by atoms with Crippen molar-refractivity contribution in [3.63, 3.8) is 0 Å². The fourth-order valence-corrected chi connectivity index (χ4v) is 2.21. The summed E-state index contributed by atoms with van der Waals surface area (Å²) in [5, 5.41) is 0.855. The van der Waals surface area contributed by atoms with E-state index >= 15 is 0 Å². The Kier molecular flexibility index (Phi) is 4.09. The summed E-state index contributed by atoms with van der Waals surface area (Å²) >= 11 is 1.59. The van der Waals surface area contributed by atoms with Gasteiger partial charge in [-0.3, -0.25) is 0 Å². The first-order chi connectivity index (χ1) is 9.11. The van der Waals surface area contributed by atoms with Gasteiger partial charge in [-0.25, -0.2) is 14.6 Å². The number of hydrogen-bond acceptors (Lipinski definition) is 6. The van der Waals surface area contributed by atoms with Gasteiger partial charge in [-0.05, 0) is 17.9 Å². The largest absolute Gasteiger partial charge is 0.466 e. The highest BCUT2D eigenvalue weighted by Crippen LogP contribution is 2.41. The van der Waals surface area contributed by atoms with E-state index in [-0.39, 0.29) is 0 Å². The highest BCUT2D eigenvalue weighted by molar-refractivity contribution is 7.99. The van der Waals surface area contributed by atoms with Crippen LogP contribution in [-0.2, 0) is 14.3 Å². The summed E-state index contributed by atoms with van der Waals surface area (Å²) in [6.45, 7) is 2.03. The van der Waals surface area contributed by atoms with Gasteiger partial charge in [-0.2, -0.15) is 0 Å². The van der Waals surface area contributed by atoms with Crippen molar-refractivity contribution in [2.45, 2.75) is 30.4 Å². The Hall–Kier alpha value is -1.56. The van der Waals surface area contributed by atoms with Gasteiger partial charge in [-0.15, -0.1) is 11.8 Å². The molecule has 19 heavy (non-hydrogen) atoms. The topological polar surface area (TPSA) is 65.5 Å². The normalized spacial score (nSPS) is 15.7. The Morgan fingerprint density at radius 1 is 1.42 bits per heavy atom. The van der Waals surface area contributed by atoms with Crippen molar-refractivity contribution in [1.82, 2.24) is 4.98 Å². The Bertz CT molecular complexity index is 482. The summed E-state index contributed by atoms with van der Waals surface area (Å²) in [6, 6.07) is 3.42. The number of nitrogens with zero attached hydrogens (tertiary/aromatic N) is 1. The second kappa shape index (κ2) is 5.61. The molecule has 1 heterocycles. The molecule has 0 bridgehead atoms. The number of hydrogen-bond donors (Lipinski definition) is 0. The number of pyridine rings is 1. The summed E-state index contributed by atoms with van der Waals surface area (Å²) < 4.78 is 9.86. The molecule has 6 heteroatoms. The van der Waals surface area contributed by atoms with Crippen LogP contribution in [0.1, 0.15) is 30.1 Å². The summed E-state index contributed by atoms with van der Waals surface area (Å²) in [5.41, 5.74) is -0.724. The van der Waals surface area contributed by atoms with Gasteiger partial charge in [0.15, 0.2) is 0 Å². The molecule has 0 N–H and O–H groups in total. The SMILES string of the molecule is CCSc1ccc(C(=O)OC2(C(=O)OC)CC2)cn1. The summed E-state index contributed by atoms with van der Waals surface area (Å²) in [6.07, 6.45) is 2.50. The van der Waals surface area contributed by atoms with Crippen molar-refractivity contribution in [2.75, 3.05) is 12.9 Å². The van der Waals surface area contributed by atoms with Crippen LogP contribution >= 0.6 is 11.8 Å². The maximum absolute atomic E-state index is 11.9. The molecule has 0 amide bonds. The molecular weight excluding hydrogens is 266 g/mol. The molecule has 1 aliphatic carbocycles. The van der Waals surface area contributed by atoms with Crippen molar-refractivity contribution in [2.24, 2.45) is 0 Å². The van der Waals surface area contributed by atoms with Crippen LogP contribution in [0.5, 0.6) is 0 Å². The van der Waals surface area contributed by atoms with Gasteiger partial charge >= 0.3 is 11.9 Å². The van der Waals surface area contributed by atoms with Crippen LogP contribution in [0.3, 0.4) is 0 Å². The Morgan fingerprint density at radius 3 is 2.63 bits per heavy atom. The van der Waals surface area contributed by atoms with Crippen molar-refractivity contribution in [1.29, 1.82) is 0 Å². The van der Waals surface area contributed by atoms with Gasteiger partial charge in [0.1, 0.15) is 0 Å². The van der Waals surface area contributed by atoms with E-state index in [4.69, 9.17) is 4.74 Å². The zero-order valence-electron chi connectivity index (χ0n) is 10.8. The molecule has 0 radical (unpaired) electrons. The molecule has 1 aliphatic rings. The summed E-state index contributed by atoms with van der Waals surface area (Å²) in [5.74, 6) is -0.113. The van der Waals surface area contributed by atoms with E-state index in [0.717, 1.165) is 10.8 Å². The minimum absolute atomic E-state index is 0.343. The monoisotopic (exact) mass is 281 g/mol. The van der Waals surface area contributed by atoms with Gasteiger partial charge in [0.05, 0.1) is 17.7 Å². The first kappa shape index (κ1) is 13.9. The van der Waals surface area contributed by atoms with Gasteiger partial charge < -0.3 is 9.47 Å². The molecule has 0 unspecified atom stereocenters. The van der Waals surface area contributed by atoms with Crippen LogP contribution in [0.25, 0.3) is 0 Å². The first-order valence-electron chi connectivity index (χ1n) is 6.02. The molecule has 1 fully saturated rings. The van der Waals surface area contributed by atoms with Crippen LogP contribution in [0, 0.1) is 0 Å². The summed E-state index contributed by atoms with van der Waals surface area (Å²) in [4.78, 5) is 27.5. The first-order valence-corrected chi connectivity index (χ1v) is 7.00. The number of esters is 2. The molecule has 0 aliphatic heterocycles. The maximum atomic E-state index is 11.9. The van der Waals surface area contributed by atoms with Gasteiger partial charge in [0, 0.05) is 19.0 Å². The molecule has 0 saturated heterocycles. The Balaban J connectivity index is 2.02. The number of aromatic nitrogens is 1. The van der Waals surface area contributed by atoms with Gasteiger partial charge in [0.25, 0.3) is 0 Å². The zero-order valence-corrected chi connectivity index (χ0v) is 11.7. The predicted octanol–water partition coefficient (Wildman–Crippen LogP) is 2.06. The second-order valence-corrected chi connectivity index (χ2v) is 5.48. The standard InChI is InChI=1S/C13H15NO4S/c1-3-19-10-5-4-9(8-14-10)11(15)18-13(6-7-13)12(16)17-2/h4-5,8H,3,6-7H2,1-2H3. The molecule has 5 nitrogen and oxygen atoms in total. The van der Waals surface area contributed by atoms with Crippen LogP contribution in [0.4, 0.5) is 0 Å². The van der Waals surface area contributed by atoms with E-state index in [0.29, 0.717) is 18.4 Å². The van der Waals surface area contributed by atoms with Gasteiger partial charge in [0.2, 0.25) is 5.60 Å². The molecule has 0 spiro atoms. The molecular formula is C13H15NO4S. The average molecular weight is 281 g/mol. The number of carbonyl (C=O) groups excluding carboxylic acids is 2. The number of ether oxygens (including phenoxy) is 2. The lowest BCUT2D eigenvalue weighted by Crippen LogP contribution is -2.30. The molecule has 0 aromatic carbocycles. The maximum Gasteiger partial charge on any atom is 0.350 e. The minimum atomic E-state index is -1.07. The Labute approximate surface area is 115 Å². The number of carbonyl (C=O) groups is 2. The van der Waals surface area contributed by atoms with Crippen LogP contribution in [-0.4, -0.2) is 35.4 Å². The molecule has 1 aromatic rings. The highest BCUT2D eigenvalue weighted by atomic mass is 32.2. The lowest BCUT2D eigenvalue weighted by Gasteiger charge is -2.13. The van der Waals surface area contributed by atoms with Gasteiger partial charge in [-0.1, -0.05) is 6.92 Å². The van der Waals surface area contributed by atoms with Crippen LogP contribution in [0.2, 0.25) is 0 Å². The Morgan fingerprint density at radius 2 is 2.16 bits per heavy atom. The van der Waals surface area contributed by atoms with Crippen LogP contribution in [0.15, 0.2) is 23.4 Å². The van der Waals surface area contributed by atoms with Crippen molar-refractivity contribution >= 4 is 23.7 Å². The molecule has 1 saturated carbocycles. The fraction of sp³-hybridized carbons (Fsp3) is 0.462. The fourth-order valence-electron chi connectivity index (χ4n) is 1.62. The van der Waals surface area contributed by atoms with E-state index in [2.05, 4.69) is 9.72 Å². The molecule has 1 aromatic heterocycles. The third-order valence-corrected chi connectivity index (χ3v) is 3.64. The van der Waals surface area contributed by atoms with E-state index in [1.54, 1.807) is 23.9 Å². The minimum Gasteiger partial charge on any atom is -0.466 e. The number of methoxy groups -OCH3 is 1. The lowest BCUT2D eigenvalue weighted by molar-refractivity contribution is -0.153. The van der Waals surface area contributed by atoms with E-state index in [9.17, 15) is 9.59 Å². The molecule has 102 valence electrons.